The molecule has 1 unspecified atom stereocenters. The Kier molecular flexibility index (Phi) is 6.32. The van der Waals surface area contributed by atoms with E-state index in [1.54, 1.807) is 11.8 Å². The summed E-state index contributed by atoms with van der Waals surface area (Å²) in [5.74, 6) is 1.21. The van der Waals surface area contributed by atoms with Crippen molar-refractivity contribution in [2.24, 2.45) is 5.92 Å². The van der Waals surface area contributed by atoms with Gasteiger partial charge in [0, 0.05) is 52.0 Å². The maximum absolute atomic E-state index is 5.19. The van der Waals surface area contributed by atoms with Crippen molar-refractivity contribution < 1.29 is 9.78 Å². The minimum Gasteiger partial charge on any atom is -0.341 e. The van der Waals surface area contributed by atoms with Crippen LogP contribution in [0.25, 0.3) is 10.9 Å². The van der Waals surface area contributed by atoms with Gasteiger partial charge in [-0.15, -0.1) is 11.8 Å². The molecule has 0 bridgehead atoms. The molecule has 1 aliphatic rings. The zero-order chi connectivity index (χ0) is 21.3. The number of thioether (sulfide) groups is 1. The fraction of sp³-hybridized carbons (Fsp3) is 0.478. The van der Waals surface area contributed by atoms with E-state index in [9.17, 15) is 0 Å². The number of fused-ring (bicyclic) bond motifs is 3. The first-order chi connectivity index (χ1) is 14.5. The molecule has 0 saturated carbocycles. The van der Waals surface area contributed by atoms with Crippen molar-refractivity contribution in [3.63, 3.8) is 0 Å². The van der Waals surface area contributed by atoms with Gasteiger partial charge < -0.3 is 9.47 Å². The molecule has 6 nitrogen and oxygen atoms in total. The van der Waals surface area contributed by atoms with Crippen molar-refractivity contribution >= 4 is 28.6 Å². The second-order valence-electron chi connectivity index (χ2n) is 7.98. The molecule has 3 aromatic rings. The first-order valence-electron chi connectivity index (χ1n) is 10.5. The predicted molar refractivity (Wildman–Crippen MR) is 122 cm³/mol. The second kappa shape index (κ2) is 8.96. The summed E-state index contributed by atoms with van der Waals surface area (Å²) in [5.41, 5.74) is 4.54. The van der Waals surface area contributed by atoms with Gasteiger partial charge in [0.25, 0.3) is 0 Å². The molecule has 2 aromatic heterocycles. The molecule has 0 fully saturated rings. The van der Waals surface area contributed by atoms with Gasteiger partial charge in [-0.3, -0.25) is 0 Å². The molecule has 30 heavy (non-hydrogen) atoms. The average molecular weight is 427 g/mol. The molecule has 1 aliphatic heterocycles. The molecule has 0 spiro atoms. The molecule has 4 rings (SSSR count). The van der Waals surface area contributed by atoms with Crippen molar-refractivity contribution in [1.82, 2.24) is 14.5 Å². The standard InChI is InChI=1S/C23H30N4O2S/c1-6-28-29-14-18-13-24-23(25-16(18)4)27-10-9-26-20-12-19(30-5)8-7-17(20)11-21(26)22(27)15(2)3/h7-8,11-13,15,22H,6,9-10,14H2,1-5H3. The first-order valence-corrected chi connectivity index (χ1v) is 11.8. The third kappa shape index (κ3) is 3.94. The van der Waals surface area contributed by atoms with Crippen LogP contribution >= 0.6 is 11.8 Å². The number of hydrogen-bond donors (Lipinski definition) is 0. The number of hydrogen-bond acceptors (Lipinski definition) is 6. The number of aryl methyl sites for hydroxylation is 1. The van der Waals surface area contributed by atoms with Gasteiger partial charge in [-0.25, -0.2) is 19.7 Å². The fourth-order valence-corrected chi connectivity index (χ4v) is 4.69. The summed E-state index contributed by atoms with van der Waals surface area (Å²) < 4.78 is 2.48. The van der Waals surface area contributed by atoms with Crippen molar-refractivity contribution in [3.05, 3.63) is 47.4 Å². The highest BCUT2D eigenvalue weighted by molar-refractivity contribution is 7.98. The highest BCUT2D eigenvalue weighted by atomic mass is 32.2. The molecular formula is C23H30N4O2S. The zero-order valence-corrected chi connectivity index (χ0v) is 19.2. The van der Waals surface area contributed by atoms with Crippen molar-refractivity contribution in [2.45, 2.75) is 51.8 Å². The topological polar surface area (TPSA) is 52.4 Å². The molecule has 160 valence electrons. The molecule has 0 radical (unpaired) electrons. The Morgan fingerprint density at radius 3 is 2.73 bits per heavy atom. The van der Waals surface area contributed by atoms with E-state index in [1.807, 2.05) is 20.0 Å². The molecule has 1 aromatic carbocycles. The highest BCUT2D eigenvalue weighted by Gasteiger charge is 2.33. The van der Waals surface area contributed by atoms with Crippen LogP contribution in [0.15, 0.2) is 35.4 Å². The van der Waals surface area contributed by atoms with Crippen LogP contribution < -0.4 is 4.90 Å². The van der Waals surface area contributed by atoms with Gasteiger partial charge in [0.1, 0.15) is 6.61 Å². The van der Waals surface area contributed by atoms with Crippen molar-refractivity contribution in [2.75, 3.05) is 24.3 Å². The normalized spacial score (nSPS) is 16.5. The van der Waals surface area contributed by atoms with E-state index in [1.165, 1.54) is 21.5 Å². The number of anilines is 1. The number of rotatable bonds is 7. The predicted octanol–water partition coefficient (Wildman–Crippen LogP) is 5.15. The van der Waals surface area contributed by atoms with Gasteiger partial charge in [-0.05, 0) is 44.2 Å². The molecule has 0 saturated heterocycles. The van der Waals surface area contributed by atoms with Gasteiger partial charge in [0.15, 0.2) is 0 Å². The van der Waals surface area contributed by atoms with Crippen LogP contribution in [0, 0.1) is 12.8 Å². The lowest BCUT2D eigenvalue weighted by molar-refractivity contribution is -0.300. The van der Waals surface area contributed by atoms with E-state index in [4.69, 9.17) is 19.7 Å². The Hall–Kier alpha value is -2.09. The molecule has 7 heteroatoms. The Balaban J connectivity index is 1.68. The number of aromatic nitrogens is 3. The van der Waals surface area contributed by atoms with Gasteiger partial charge in [0.2, 0.25) is 5.95 Å². The van der Waals surface area contributed by atoms with Gasteiger partial charge in [-0.1, -0.05) is 19.9 Å². The van der Waals surface area contributed by atoms with Gasteiger partial charge in [0.05, 0.1) is 12.6 Å². The van der Waals surface area contributed by atoms with Gasteiger partial charge in [-0.2, -0.15) is 0 Å². The van der Waals surface area contributed by atoms with Crippen molar-refractivity contribution in [3.8, 4) is 0 Å². The van der Waals surface area contributed by atoms with Crippen LogP contribution in [0.3, 0.4) is 0 Å². The smallest absolute Gasteiger partial charge is 0.226 e. The third-order valence-electron chi connectivity index (χ3n) is 5.72. The van der Waals surface area contributed by atoms with E-state index in [2.05, 4.69) is 53.8 Å². The summed E-state index contributed by atoms with van der Waals surface area (Å²) in [6.45, 7) is 11.1. The van der Waals surface area contributed by atoms with E-state index in [-0.39, 0.29) is 6.04 Å². The van der Waals surface area contributed by atoms with E-state index < -0.39 is 0 Å². The lowest BCUT2D eigenvalue weighted by atomic mass is 9.97. The van der Waals surface area contributed by atoms with Crippen LogP contribution in [0.4, 0.5) is 5.95 Å². The summed E-state index contributed by atoms with van der Waals surface area (Å²) in [7, 11) is 0. The third-order valence-corrected chi connectivity index (χ3v) is 6.44. The molecule has 0 amide bonds. The van der Waals surface area contributed by atoms with Crippen LogP contribution in [-0.2, 0) is 22.9 Å². The second-order valence-corrected chi connectivity index (χ2v) is 8.86. The Labute approximate surface area is 182 Å². The van der Waals surface area contributed by atoms with E-state index in [0.29, 0.717) is 19.1 Å². The van der Waals surface area contributed by atoms with E-state index >= 15 is 0 Å². The lowest BCUT2D eigenvalue weighted by Crippen LogP contribution is -2.41. The fourth-order valence-electron chi connectivity index (χ4n) is 4.26. The summed E-state index contributed by atoms with van der Waals surface area (Å²) in [5, 5.41) is 1.30. The van der Waals surface area contributed by atoms with Crippen LogP contribution in [0.1, 0.15) is 43.8 Å². The zero-order valence-electron chi connectivity index (χ0n) is 18.4. The monoisotopic (exact) mass is 426 g/mol. The summed E-state index contributed by atoms with van der Waals surface area (Å²) in [4.78, 5) is 23.4. The minimum atomic E-state index is 0.230. The lowest BCUT2D eigenvalue weighted by Gasteiger charge is -2.39. The highest BCUT2D eigenvalue weighted by Crippen LogP contribution is 2.38. The Morgan fingerprint density at radius 2 is 2.03 bits per heavy atom. The number of nitrogens with zero attached hydrogens (tertiary/aromatic N) is 4. The molecule has 3 heterocycles. The first kappa shape index (κ1) is 21.2. The summed E-state index contributed by atoms with van der Waals surface area (Å²) in [6, 6.07) is 9.32. The summed E-state index contributed by atoms with van der Waals surface area (Å²) in [6.07, 6.45) is 3.99. The summed E-state index contributed by atoms with van der Waals surface area (Å²) >= 11 is 1.79. The Morgan fingerprint density at radius 1 is 1.20 bits per heavy atom. The van der Waals surface area contributed by atoms with Gasteiger partial charge >= 0.3 is 0 Å². The van der Waals surface area contributed by atoms with Crippen molar-refractivity contribution in [1.29, 1.82) is 0 Å². The molecule has 0 N–H and O–H groups in total. The largest absolute Gasteiger partial charge is 0.341 e. The SMILES string of the molecule is CCOOCc1cnc(N2CCn3c(cc4ccc(SC)cc43)C2C(C)C)nc1C. The molecule has 1 atom stereocenters. The maximum Gasteiger partial charge on any atom is 0.226 e. The molecule has 0 aliphatic carbocycles. The van der Waals surface area contributed by atoms with E-state index in [0.717, 1.165) is 30.3 Å². The Bertz CT molecular complexity index is 1030. The quantitative estimate of drug-likeness (QED) is 0.225. The maximum atomic E-state index is 5.19. The van der Waals surface area contributed by atoms with Crippen LogP contribution in [0.2, 0.25) is 0 Å². The van der Waals surface area contributed by atoms with Crippen LogP contribution in [0.5, 0.6) is 0 Å². The average Bonchev–Trinajstić information content (AvgIpc) is 3.11. The minimum absolute atomic E-state index is 0.230. The number of benzene rings is 1. The van der Waals surface area contributed by atoms with Crippen LogP contribution in [-0.4, -0.2) is 33.9 Å². The molecular weight excluding hydrogens is 396 g/mol.